The molecule has 2 rings (SSSR count). The minimum absolute atomic E-state index is 0.0204. The van der Waals surface area contributed by atoms with Gasteiger partial charge in [0.15, 0.2) is 6.10 Å². The Morgan fingerprint density at radius 2 is 1.68 bits per heavy atom. The van der Waals surface area contributed by atoms with Gasteiger partial charge in [-0.1, -0.05) is 24.3 Å². The van der Waals surface area contributed by atoms with Crippen LogP contribution in [-0.4, -0.2) is 23.0 Å². The third-order valence-electron chi connectivity index (χ3n) is 3.98. The van der Waals surface area contributed by atoms with Gasteiger partial charge in [0.05, 0.1) is 17.2 Å². The van der Waals surface area contributed by atoms with Crippen molar-refractivity contribution in [1.29, 1.82) is 5.26 Å². The quantitative estimate of drug-likeness (QED) is 0.696. The van der Waals surface area contributed by atoms with E-state index in [1.165, 1.54) is 12.1 Å². The van der Waals surface area contributed by atoms with Gasteiger partial charge in [0.2, 0.25) is 5.91 Å². The summed E-state index contributed by atoms with van der Waals surface area (Å²) in [6.45, 7) is 0. The maximum Gasteiger partial charge on any atom is 0.416 e. The lowest BCUT2D eigenvalue weighted by Crippen LogP contribution is -2.47. The van der Waals surface area contributed by atoms with Crippen LogP contribution in [0.25, 0.3) is 0 Å². The maximum atomic E-state index is 12.6. The molecule has 146 valence electrons. The molecule has 0 saturated carbocycles. The Morgan fingerprint density at radius 1 is 1.11 bits per heavy atom. The predicted octanol–water partition coefficient (Wildman–Crippen LogP) is 1.82. The van der Waals surface area contributed by atoms with Gasteiger partial charge in [0, 0.05) is 6.42 Å². The minimum atomic E-state index is -4.54. The molecule has 0 aliphatic carbocycles. The third kappa shape index (κ3) is 5.31. The largest absolute Gasteiger partial charge is 0.416 e. The van der Waals surface area contributed by atoms with Crippen LogP contribution in [0.5, 0.6) is 0 Å². The number of rotatable bonds is 6. The number of carbonyl (C=O) groups is 2. The second kappa shape index (κ2) is 8.54. The van der Waals surface area contributed by atoms with Gasteiger partial charge in [0.25, 0.3) is 5.91 Å². The summed E-state index contributed by atoms with van der Waals surface area (Å²) in [6, 6.07) is 10.5. The van der Waals surface area contributed by atoms with Crippen molar-refractivity contribution in [3.8, 4) is 6.07 Å². The van der Waals surface area contributed by atoms with Gasteiger partial charge in [-0.15, -0.1) is 0 Å². The smallest absolute Gasteiger partial charge is 0.378 e. The lowest BCUT2D eigenvalue weighted by molar-refractivity contribution is -0.137. The molecular formula is C19H16F3N3O3. The molecule has 0 saturated heterocycles. The number of aliphatic hydroxyl groups is 1. The first-order chi connectivity index (χ1) is 13.1. The van der Waals surface area contributed by atoms with Crippen LogP contribution in [0.1, 0.15) is 28.4 Å². The molecule has 2 aromatic carbocycles. The number of benzene rings is 2. The van der Waals surface area contributed by atoms with Crippen LogP contribution in [0.15, 0.2) is 48.5 Å². The maximum absolute atomic E-state index is 12.6. The summed E-state index contributed by atoms with van der Waals surface area (Å²) in [5, 5.41) is 21.1. The lowest BCUT2D eigenvalue weighted by Gasteiger charge is -2.19. The first-order valence-corrected chi connectivity index (χ1v) is 8.05. The van der Waals surface area contributed by atoms with Crippen LogP contribution in [0.4, 0.5) is 13.2 Å². The van der Waals surface area contributed by atoms with Gasteiger partial charge in [-0.05, 0) is 35.4 Å². The Kier molecular flexibility index (Phi) is 6.38. The summed E-state index contributed by atoms with van der Waals surface area (Å²) in [4.78, 5) is 23.8. The number of hydrogen-bond donors (Lipinski definition) is 3. The molecule has 28 heavy (non-hydrogen) atoms. The molecule has 2 amide bonds. The van der Waals surface area contributed by atoms with Gasteiger partial charge in [0.1, 0.15) is 6.04 Å². The minimum Gasteiger partial charge on any atom is -0.378 e. The Balaban J connectivity index is 2.08. The van der Waals surface area contributed by atoms with Crippen LogP contribution >= 0.6 is 0 Å². The summed E-state index contributed by atoms with van der Waals surface area (Å²) in [5.74, 6) is -1.82. The van der Waals surface area contributed by atoms with Crippen LogP contribution < -0.4 is 11.1 Å². The lowest BCUT2D eigenvalue weighted by atomic mass is 10.0. The van der Waals surface area contributed by atoms with Crippen molar-refractivity contribution >= 4 is 11.8 Å². The second-order valence-electron chi connectivity index (χ2n) is 6.00. The Labute approximate surface area is 158 Å². The van der Waals surface area contributed by atoms with E-state index in [1.54, 1.807) is 12.1 Å². The van der Waals surface area contributed by atoms with E-state index in [-0.39, 0.29) is 12.0 Å². The highest BCUT2D eigenvalue weighted by molar-refractivity contribution is 5.89. The zero-order valence-electron chi connectivity index (χ0n) is 14.4. The molecule has 0 heterocycles. The van der Waals surface area contributed by atoms with Crippen molar-refractivity contribution in [2.75, 3.05) is 0 Å². The highest BCUT2D eigenvalue weighted by Crippen LogP contribution is 2.30. The van der Waals surface area contributed by atoms with Crippen molar-refractivity contribution in [2.45, 2.75) is 24.7 Å². The molecule has 0 unspecified atom stereocenters. The molecule has 0 aliphatic heterocycles. The molecule has 0 aromatic heterocycles. The van der Waals surface area contributed by atoms with Gasteiger partial charge < -0.3 is 16.2 Å². The molecule has 9 heteroatoms. The monoisotopic (exact) mass is 391 g/mol. The average molecular weight is 391 g/mol. The average Bonchev–Trinajstić information content (AvgIpc) is 2.66. The molecule has 2 atom stereocenters. The Hall–Kier alpha value is -3.38. The van der Waals surface area contributed by atoms with E-state index < -0.39 is 35.7 Å². The zero-order valence-corrected chi connectivity index (χ0v) is 14.4. The summed E-state index contributed by atoms with van der Waals surface area (Å²) in [7, 11) is 0. The summed E-state index contributed by atoms with van der Waals surface area (Å²) >= 11 is 0. The van der Waals surface area contributed by atoms with Gasteiger partial charge in [-0.2, -0.15) is 18.4 Å². The highest BCUT2D eigenvalue weighted by atomic mass is 19.4. The van der Waals surface area contributed by atoms with Crippen LogP contribution in [0, 0.1) is 11.3 Å². The standard InChI is InChI=1S/C19H16F3N3O3/c20-19(21,22)14-7-5-13(6-8-14)16(26)18(28)25-15(17(24)27)9-11-1-3-12(10-23)4-2-11/h1-8,15-16,26H,9H2,(H2,24,27)(H,25,28)/t15-,16-/m1/s1. The van der Waals surface area contributed by atoms with Crippen molar-refractivity contribution in [3.63, 3.8) is 0 Å². The number of halogens is 3. The topological polar surface area (TPSA) is 116 Å². The zero-order chi connectivity index (χ0) is 20.9. The van der Waals surface area contributed by atoms with E-state index in [9.17, 15) is 27.9 Å². The van der Waals surface area contributed by atoms with E-state index >= 15 is 0 Å². The first kappa shape index (κ1) is 20.9. The van der Waals surface area contributed by atoms with Crippen molar-refractivity contribution in [1.82, 2.24) is 5.32 Å². The van der Waals surface area contributed by atoms with E-state index in [0.717, 1.165) is 24.3 Å². The summed E-state index contributed by atoms with van der Waals surface area (Å²) in [6.07, 6.45) is -6.29. The number of amides is 2. The molecule has 0 bridgehead atoms. The van der Waals surface area contributed by atoms with E-state index in [0.29, 0.717) is 11.1 Å². The number of primary amides is 1. The van der Waals surface area contributed by atoms with Gasteiger partial charge in [-0.25, -0.2) is 0 Å². The molecule has 6 nitrogen and oxygen atoms in total. The molecule has 2 aromatic rings. The molecule has 0 spiro atoms. The number of nitrogens with zero attached hydrogens (tertiary/aromatic N) is 1. The van der Waals surface area contributed by atoms with Crippen molar-refractivity contribution in [2.24, 2.45) is 5.73 Å². The molecule has 0 fully saturated rings. The molecule has 0 aliphatic rings. The van der Waals surface area contributed by atoms with E-state index in [4.69, 9.17) is 11.0 Å². The van der Waals surface area contributed by atoms with Crippen LogP contribution in [0.3, 0.4) is 0 Å². The Bertz CT molecular complexity index is 888. The fourth-order valence-corrected chi connectivity index (χ4v) is 2.43. The first-order valence-electron chi connectivity index (χ1n) is 8.05. The predicted molar refractivity (Wildman–Crippen MR) is 92.4 cm³/mol. The number of aliphatic hydroxyl groups excluding tert-OH is 1. The number of hydrogen-bond acceptors (Lipinski definition) is 4. The van der Waals surface area contributed by atoms with Crippen molar-refractivity contribution in [3.05, 3.63) is 70.8 Å². The summed E-state index contributed by atoms with van der Waals surface area (Å²) < 4.78 is 37.8. The third-order valence-corrected chi connectivity index (χ3v) is 3.98. The summed E-state index contributed by atoms with van der Waals surface area (Å²) in [5.41, 5.74) is 5.34. The fourth-order valence-electron chi connectivity index (χ4n) is 2.43. The number of alkyl halides is 3. The number of nitrogens with one attached hydrogen (secondary N) is 1. The number of nitriles is 1. The van der Waals surface area contributed by atoms with Crippen LogP contribution in [0.2, 0.25) is 0 Å². The molecule has 0 radical (unpaired) electrons. The normalized spacial score (nSPS) is 13.2. The number of nitrogens with two attached hydrogens (primary N) is 1. The van der Waals surface area contributed by atoms with E-state index in [2.05, 4.69) is 5.32 Å². The fraction of sp³-hybridized carbons (Fsp3) is 0.211. The van der Waals surface area contributed by atoms with Gasteiger partial charge >= 0.3 is 6.18 Å². The highest BCUT2D eigenvalue weighted by Gasteiger charge is 2.31. The second-order valence-corrected chi connectivity index (χ2v) is 6.00. The SMILES string of the molecule is N#Cc1ccc(C[C@@H](NC(=O)[C@H](O)c2ccc(C(F)(F)F)cc2)C(N)=O)cc1. The number of carbonyl (C=O) groups excluding carboxylic acids is 2. The Morgan fingerprint density at radius 3 is 2.14 bits per heavy atom. The molecule has 4 N–H and O–H groups in total. The molecular weight excluding hydrogens is 375 g/mol. The van der Waals surface area contributed by atoms with Gasteiger partial charge in [-0.3, -0.25) is 9.59 Å². The van der Waals surface area contributed by atoms with E-state index in [1.807, 2.05) is 6.07 Å². The van der Waals surface area contributed by atoms with Crippen LogP contribution in [-0.2, 0) is 22.2 Å². The van der Waals surface area contributed by atoms with Crippen molar-refractivity contribution < 1.29 is 27.9 Å².